The zero-order valence-corrected chi connectivity index (χ0v) is 13.0. The van der Waals surface area contributed by atoms with E-state index in [1.807, 2.05) is 36.4 Å². The van der Waals surface area contributed by atoms with Crippen LogP contribution in [0.2, 0.25) is 0 Å². The maximum absolute atomic E-state index is 11.7. The highest BCUT2D eigenvalue weighted by atomic mass is 16.5. The number of carbonyl (C=O) groups is 1. The molecule has 2 aromatic heterocycles. The Hall–Kier alpha value is -3.34. The van der Waals surface area contributed by atoms with Gasteiger partial charge in [0.25, 0.3) is 0 Å². The van der Waals surface area contributed by atoms with E-state index in [2.05, 4.69) is 9.97 Å². The van der Waals surface area contributed by atoms with E-state index in [1.165, 1.54) is 0 Å². The van der Waals surface area contributed by atoms with E-state index in [-0.39, 0.29) is 0 Å². The van der Waals surface area contributed by atoms with Crippen LogP contribution in [0.5, 0.6) is 5.75 Å². The van der Waals surface area contributed by atoms with Gasteiger partial charge in [-0.2, -0.15) is 0 Å². The number of nitrogens with one attached hydrogen (secondary N) is 1. The number of primary amides is 1. The molecule has 2 heterocycles. The first-order valence-corrected chi connectivity index (χ1v) is 7.52. The smallest absolute Gasteiger partial charge is 0.249 e. The van der Waals surface area contributed by atoms with Gasteiger partial charge in [0.2, 0.25) is 5.91 Å². The number of benzene rings is 2. The Labute approximate surface area is 138 Å². The summed E-state index contributed by atoms with van der Waals surface area (Å²) in [4.78, 5) is 19.5. The lowest BCUT2D eigenvalue weighted by Gasteiger charge is -2.06. The number of nitrogens with zero attached hydrogens (tertiary/aromatic N) is 1. The molecule has 0 bridgehead atoms. The van der Waals surface area contributed by atoms with Crippen molar-refractivity contribution in [2.75, 3.05) is 7.11 Å². The van der Waals surface area contributed by atoms with Crippen LogP contribution in [0.15, 0.2) is 54.7 Å². The third-order valence-electron chi connectivity index (χ3n) is 4.16. The van der Waals surface area contributed by atoms with E-state index in [9.17, 15) is 4.79 Å². The van der Waals surface area contributed by atoms with Crippen molar-refractivity contribution in [1.29, 1.82) is 0 Å². The highest BCUT2D eigenvalue weighted by Crippen LogP contribution is 2.31. The van der Waals surface area contributed by atoms with Crippen molar-refractivity contribution in [3.05, 3.63) is 60.3 Å². The van der Waals surface area contributed by atoms with Gasteiger partial charge in [0, 0.05) is 28.0 Å². The molecular weight excluding hydrogens is 302 g/mol. The molecule has 0 atom stereocenters. The number of H-pyrrole nitrogens is 1. The molecule has 2 aromatic carbocycles. The molecule has 0 aliphatic rings. The first kappa shape index (κ1) is 14.3. The summed E-state index contributed by atoms with van der Waals surface area (Å²) in [6.07, 6.45) is 1.77. The normalized spacial score (nSPS) is 11.0. The van der Waals surface area contributed by atoms with Gasteiger partial charge in [-0.25, -0.2) is 0 Å². The summed E-state index contributed by atoms with van der Waals surface area (Å²) in [5, 5.41) is 2.11. The number of hydrogen-bond acceptors (Lipinski definition) is 3. The number of nitrogens with two attached hydrogens (primary N) is 1. The number of ether oxygens (including phenoxy) is 1. The van der Waals surface area contributed by atoms with Crippen LogP contribution in [-0.4, -0.2) is 23.0 Å². The molecule has 0 saturated carbocycles. The summed E-state index contributed by atoms with van der Waals surface area (Å²) >= 11 is 0. The molecular formula is C19H15N3O2. The number of methoxy groups -OCH3 is 1. The van der Waals surface area contributed by atoms with Crippen LogP contribution in [0, 0.1) is 0 Å². The molecule has 0 fully saturated rings. The van der Waals surface area contributed by atoms with Crippen LogP contribution in [0.1, 0.15) is 10.4 Å². The van der Waals surface area contributed by atoms with Gasteiger partial charge in [-0.3, -0.25) is 9.78 Å². The molecule has 4 aromatic rings. The maximum atomic E-state index is 11.7. The zero-order valence-electron chi connectivity index (χ0n) is 13.0. The SMILES string of the molecule is COc1ccc2c(c1)[nH]c1cnc(-c3ccccc3C(N)=O)cc12. The fourth-order valence-electron chi connectivity index (χ4n) is 2.98. The molecule has 118 valence electrons. The van der Waals surface area contributed by atoms with Crippen LogP contribution in [-0.2, 0) is 0 Å². The van der Waals surface area contributed by atoms with E-state index in [4.69, 9.17) is 10.5 Å². The summed E-state index contributed by atoms with van der Waals surface area (Å²) in [6, 6.07) is 15.1. The Kier molecular flexibility index (Phi) is 3.20. The quantitative estimate of drug-likeness (QED) is 0.607. The van der Waals surface area contributed by atoms with E-state index in [1.54, 1.807) is 25.4 Å². The minimum Gasteiger partial charge on any atom is -0.497 e. The molecule has 0 aliphatic heterocycles. The molecule has 5 nitrogen and oxygen atoms in total. The molecule has 0 spiro atoms. The second kappa shape index (κ2) is 5.38. The lowest BCUT2D eigenvalue weighted by molar-refractivity contribution is 0.100. The Morgan fingerprint density at radius 3 is 2.71 bits per heavy atom. The number of amides is 1. The lowest BCUT2D eigenvalue weighted by Crippen LogP contribution is -2.12. The van der Waals surface area contributed by atoms with Crippen molar-refractivity contribution in [3.8, 4) is 17.0 Å². The van der Waals surface area contributed by atoms with Gasteiger partial charge < -0.3 is 15.5 Å². The van der Waals surface area contributed by atoms with E-state index in [0.29, 0.717) is 11.3 Å². The summed E-state index contributed by atoms with van der Waals surface area (Å²) in [5.41, 5.74) is 9.30. The van der Waals surface area contributed by atoms with Crippen LogP contribution in [0.25, 0.3) is 33.1 Å². The fourth-order valence-corrected chi connectivity index (χ4v) is 2.98. The Balaban J connectivity index is 1.96. The number of hydrogen-bond donors (Lipinski definition) is 2. The van der Waals surface area contributed by atoms with Crippen molar-refractivity contribution < 1.29 is 9.53 Å². The molecule has 4 rings (SSSR count). The van der Waals surface area contributed by atoms with E-state index >= 15 is 0 Å². The van der Waals surface area contributed by atoms with Gasteiger partial charge in [0.05, 0.1) is 30.0 Å². The number of aromatic amines is 1. The maximum Gasteiger partial charge on any atom is 0.249 e. The first-order chi connectivity index (χ1) is 11.7. The Morgan fingerprint density at radius 2 is 1.92 bits per heavy atom. The standard InChI is InChI=1S/C19H15N3O2/c1-24-11-6-7-13-15-9-16(21-10-18(15)22-17(13)8-11)12-4-2-3-5-14(12)19(20)23/h2-10,22H,1H3,(H2,20,23). The second-order valence-electron chi connectivity index (χ2n) is 5.56. The Bertz CT molecular complexity index is 1080. The van der Waals surface area contributed by atoms with Crippen LogP contribution < -0.4 is 10.5 Å². The minimum atomic E-state index is -0.462. The molecule has 3 N–H and O–H groups in total. The van der Waals surface area contributed by atoms with Gasteiger partial charge in [-0.15, -0.1) is 0 Å². The summed E-state index contributed by atoms with van der Waals surface area (Å²) in [6.45, 7) is 0. The average molecular weight is 317 g/mol. The van der Waals surface area contributed by atoms with Gasteiger partial charge >= 0.3 is 0 Å². The van der Waals surface area contributed by atoms with Gasteiger partial charge in [-0.1, -0.05) is 18.2 Å². The minimum absolute atomic E-state index is 0.462. The topological polar surface area (TPSA) is 81.0 Å². The summed E-state index contributed by atoms with van der Waals surface area (Å²) in [7, 11) is 1.64. The van der Waals surface area contributed by atoms with Crippen molar-refractivity contribution in [2.24, 2.45) is 5.73 Å². The molecule has 5 heteroatoms. The zero-order chi connectivity index (χ0) is 16.7. The largest absolute Gasteiger partial charge is 0.497 e. The van der Waals surface area contributed by atoms with Crippen molar-refractivity contribution >= 4 is 27.7 Å². The van der Waals surface area contributed by atoms with Crippen LogP contribution in [0.3, 0.4) is 0 Å². The monoisotopic (exact) mass is 317 g/mol. The lowest BCUT2D eigenvalue weighted by atomic mass is 10.0. The highest BCUT2D eigenvalue weighted by molar-refractivity contribution is 6.09. The predicted octanol–water partition coefficient (Wildman–Crippen LogP) is 3.49. The molecule has 0 radical (unpaired) electrons. The number of rotatable bonds is 3. The van der Waals surface area contributed by atoms with Gasteiger partial charge in [0.15, 0.2) is 0 Å². The van der Waals surface area contributed by atoms with E-state index in [0.717, 1.165) is 33.1 Å². The van der Waals surface area contributed by atoms with Crippen molar-refractivity contribution in [1.82, 2.24) is 9.97 Å². The highest BCUT2D eigenvalue weighted by Gasteiger charge is 2.13. The molecule has 0 saturated heterocycles. The van der Waals surface area contributed by atoms with E-state index < -0.39 is 5.91 Å². The molecule has 1 amide bonds. The third kappa shape index (κ3) is 2.18. The number of carbonyl (C=O) groups excluding carboxylic acids is 1. The number of pyridine rings is 1. The third-order valence-corrected chi connectivity index (χ3v) is 4.16. The summed E-state index contributed by atoms with van der Waals surface area (Å²) < 4.78 is 5.27. The second-order valence-corrected chi connectivity index (χ2v) is 5.56. The average Bonchev–Trinajstić information content (AvgIpc) is 2.98. The van der Waals surface area contributed by atoms with Crippen molar-refractivity contribution in [3.63, 3.8) is 0 Å². The van der Waals surface area contributed by atoms with Gasteiger partial charge in [0.1, 0.15) is 5.75 Å². The van der Waals surface area contributed by atoms with Crippen LogP contribution in [0.4, 0.5) is 0 Å². The fraction of sp³-hybridized carbons (Fsp3) is 0.0526. The van der Waals surface area contributed by atoms with Gasteiger partial charge in [-0.05, 0) is 24.3 Å². The first-order valence-electron chi connectivity index (χ1n) is 7.52. The number of aromatic nitrogens is 2. The van der Waals surface area contributed by atoms with Crippen molar-refractivity contribution in [2.45, 2.75) is 0 Å². The van der Waals surface area contributed by atoms with Crippen LogP contribution >= 0.6 is 0 Å². The summed E-state index contributed by atoms with van der Waals surface area (Å²) in [5.74, 6) is 0.331. The predicted molar refractivity (Wildman–Crippen MR) is 94.1 cm³/mol. The Morgan fingerprint density at radius 1 is 1.08 bits per heavy atom. The number of fused-ring (bicyclic) bond motifs is 3. The molecule has 24 heavy (non-hydrogen) atoms. The molecule has 0 aliphatic carbocycles. The molecule has 0 unspecified atom stereocenters.